The molecule has 3 rings (SSSR count). The van der Waals surface area contributed by atoms with Gasteiger partial charge in [0.2, 0.25) is 0 Å². The molecule has 18 heavy (non-hydrogen) atoms. The number of piperidine rings is 1. The second-order valence-electron chi connectivity index (χ2n) is 5.49. The maximum Gasteiger partial charge on any atom is 0.147 e. The molecule has 1 aliphatic carbocycles. The number of aromatic nitrogens is 2. The van der Waals surface area contributed by atoms with Gasteiger partial charge >= 0.3 is 0 Å². The van der Waals surface area contributed by atoms with Gasteiger partial charge in [-0.2, -0.15) is 0 Å². The quantitative estimate of drug-likeness (QED) is 0.885. The van der Waals surface area contributed by atoms with Crippen LogP contribution in [0.1, 0.15) is 37.8 Å². The highest BCUT2D eigenvalue weighted by molar-refractivity contribution is 5.39. The molecule has 4 nitrogen and oxygen atoms in total. The summed E-state index contributed by atoms with van der Waals surface area (Å²) < 4.78 is 0. The van der Waals surface area contributed by atoms with Crippen molar-refractivity contribution in [3.8, 4) is 0 Å². The minimum absolute atomic E-state index is 0.725. The maximum absolute atomic E-state index is 4.60. The minimum Gasteiger partial charge on any atom is -0.352 e. The largest absolute Gasteiger partial charge is 0.352 e. The Bertz CT molecular complexity index is 389. The highest BCUT2D eigenvalue weighted by atomic mass is 15.2. The molecule has 2 fully saturated rings. The summed E-state index contributed by atoms with van der Waals surface area (Å²) in [5.74, 6) is 1.98. The van der Waals surface area contributed by atoms with Gasteiger partial charge in [-0.1, -0.05) is 6.42 Å². The average molecular weight is 246 g/mol. The molecule has 0 aromatic carbocycles. The lowest BCUT2D eigenvalue weighted by Gasteiger charge is -2.38. The standard InChI is InChI=1S/C14H22N4/c1-15-8-12-9-17-14(10-16-12)18-7-3-5-11-4-2-6-13(11)18/h9-11,13,15H,2-8H2,1H3. The lowest BCUT2D eigenvalue weighted by molar-refractivity contribution is 0.360. The average Bonchev–Trinajstić information content (AvgIpc) is 2.88. The molecule has 1 aliphatic heterocycles. The first-order chi connectivity index (χ1) is 8.88. The summed E-state index contributed by atoms with van der Waals surface area (Å²) in [5.41, 5.74) is 1.02. The molecule has 0 bridgehead atoms. The summed E-state index contributed by atoms with van der Waals surface area (Å²) >= 11 is 0. The Morgan fingerprint density at radius 2 is 2.11 bits per heavy atom. The molecule has 1 saturated carbocycles. The Morgan fingerprint density at radius 3 is 2.89 bits per heavy atom. The summed E-state index contributed by atoms with van der Waals surface area (Å²) in [4.78, 5) is 11.6. The topological polar surface area (TPSA) is 41.1 Å². The maximum atomic E-state index is 4.60. The van der Waals surface area contributed by atoms with E-state index in [0.29, 0.717) is 0 Å². The predicted octanol–water partition coefficient (Wildman–Crippen LogP) is 1.96. The van der Waals surface area contributed by atoms with Crippen molar-refractivity contribution in [3.63, 3.8) is 0 Å². The van der Waals surface area contributed by atoms with Crippen LogP contribution in [-0.2, 0) is 6.54 Å². The van der Waals surface area contributed by atoms with Gasteiger partial charge in [-0.25, -0.2) is 4.98 Å². The van der Waals surface area contributed by atoms with Crippen LogP contribution in [0, 0.1) is 5.92 Å². The van der Waals surface area contributed by atoms with Crippen LogP contribution < -0.4 is 10.2 Å². The van der Waals surface area contributed by atoms with Crippen LogP contribution in [-0.4, -0.2) is 29.6 Å². The van der Waals surface area contributed by atoms with Crippen molar-refractivity contribution in [2.75, 3.05) is 18.5 Å². The van der Waals surface area contributed by atoms with Gasteiger partial charge in [0.15, 0.2) is 0 Å². The molecule has 4 heteroatoms. The van der Waals surface area contributed by atoms with Crippen molar-refractivity contribution in [1.29, 1.82) is 0 Å². The molecule has 2 aliphatic rings. The summed E-state index contributed by atoms with van der Waals surface area (Å²) in [5, 5.41) is 3.10. The van der Waals surface area contributed by atoms with E-state index < -0.39 is 0 Å². The zero-order valence-corrected chi connectivity index (χ0v) is 11.1. The van der Waals surface area contributed by atoms with E-state index in [9.17, 15) is 0 Å². The van der Waals surface area contributed by atoms with Crippen molar-refractivity contribution >= 4 is 5.82 Å². The van der Waals surface area contributed by atoms with Gasteiger partial charge in [0.1, 0.15) is 5.82 Å². The smallest absolute Gasteiger partial charge is 0.147 e. The molecule has 1 aromatic heterocycles. The fourth-order valence-corrected chi connectivity index (χ4v) is 3.51. The van der Waals surface area contributed by atoms with Crippen molar-refractivity contribution < 1.29 is 0 Å². The van der Waals surface area contributed by atoms with E-state index in [1.54, 1.807) is 0 Å². The van der Waals surface area contributed by atoms with Gasteiger partial charge in [-0.15, -0.1) is 0 Å². The van der Waals surface area contributed by atoms with E-state index in [0.717, 1.165) is 36.6 Å². The molecule has 1 aromatic rings. The van der Waals surface area contributed by atoms with Gasteiger partial charge in [-0.3, -0.25) is 4.98 Å². The van der Waals surface area contributed by atoms with Gasteiger partial charge in [0.05, 0.1) is 18.1 Å². The van der Waals surface area contributed by atoms with E-state index in [1.165, 1.54) is 32.1 Å². The molecule has 1 saturated heterocycles. The van der Waals surface area contributed by atoms with Crippen molar-refractivity contribution in [1.82, 2.24) is 15.3 Å². The number of nitrogens with one attached hydrogen (secondary N) is 1. The molecule has 2 heterocycles. The van der Waals surface area contributed by atoms with E-state index in [-0.39, 0.29) is 0 Å². The van der Waals surface area contributed by atoms with Gasteiger partial charge in [0.25, 0.3) is 0 Å². The van der Waals surface area contributed by atoms with E-state index in [4.69, 9.17) is 0 Å². The fraction of sp³-hybridized carbons (Fsp3) is 0.714. The third-order valence-corrected chi connectivity index (χ3v) is 4.34. The van der Waals surface area contributed by atoms with Crippen LogP contribution in [0.2, 0.25) is 0 Å². The summed E-state index contributed by atoms with van der Waals surface area (Å²) in [7, 11) is 1.93. The Balaban J connectivity index is 1.76. The van der Waals surface area contributed by atoms with Gasteiger partial charge < -0.3 is 10.2 Å². The number of nitrogens with zero attached hydrogens (tertiary/aromatic N) is 3. The zero-order chi connectivity index (χ0) is 12.4. The first-order valence-electron chi connectivity index (χ1n) is 7.10. The number of hydrogen-bond acceptors (Lipinski definition) is 4. The van der Waals surface area contributed by atoms with Crippen molar-refractivity contribution in [2.24, 2.45) is 5.92 Å². The summed E-state index contributed by atoms with van der Waals surface area (Å²) in [6, 6.07) is 0.725. The second-order valence-corrected chi connectivity index (χ2v) is 5.49. The van der Waals surface area contributed by atoms with Crippen LogP contribution in [0.3, 0.4) is 0 Å². The monoisotopic (exact) mass is 246 g/mol. The van der Waals surface area contributed by atoms with Gasteiger partial charge in [-0.05, 0) is 38.6 Å². The van der Waals surface area contributed by atoms with E-state index >= 15 is 0 Å². The fourth-order valence-electron chi connectivity index (χ4n) is 3.51. The third-order valence-electron chi connectivity index (χ3n) is 4.34. The Kier molecular flexibility index (Phi) is 3.46. The molecule has 98 valence electrons. The number of fused-ring (bicyclic) bond motifs is 1. The molecule has 1 N–H and O–H groups in total. The summed E-state index contributed by atoms with van der Waals surface area (Å²) in [6.07, 6.45) is 10.7. The van der Waals surface area contributed by atoms with E-state index in [2.05, 4.69) is 20.2 Å². The lowest BCUT2D eigenvalue weighted by Crippen LogP contribution is -2.43. The zero-order valence-electron chi connectivity index (χ0n) is 11.1. The van der Waals surface area contributed by atoms with E-state index in [1.807, 2.05) is 19.4 Å². The molecule has 0 spiro atoms. The first kappa shape index (κ1) is 11.9. The minimum atomic E-state index is 0.725. The number of rotatable bonds is 3. The third kappa shape index (κ3) is 2.21. The lowest BCUT2D eigenvalue weighted by atomic mass is 9.92. The van der Waals surface area contributed by atoms with Crippen LogP contribution in [0.4, 0.5) is 5.82 Å². The number of hydrogen-bond donors (Lipinski definition) is 1. The first-order valence-corrected chi connectivity index (χ1v) is 7.10. The predicted molar refractivity (Wildman–Crippen MR) is 72.5 cm³/mol. The molecule has 2 unspecified atom stereocenters. The van der Waals surface area contributed by atoms with Crippen molar-refractivity contribution in [2.45, 2.75) is 44.7 Å². The van der Waals surface area contributed by atoms with Crippen LogP contribution >= 0.6 is 0 Å². The Morgan fingerprint density at radius 1 is 1.22 bits per heavy atom. The van der Waals surface area contributed by atoms with Crippen LogP contribution in [0.5, 0.6) is 0 Å². The van der Waals surface area contributed by atoms with Crippen LogP contribution in [0.25, 0.3) is 0 Å². The van der Waals surface area contributed by atoms with Crippen molar-refractivity contribution in [3.05, 3.63) is 18.1 Å². The molecule has 0 radical (unpaired) electrons. The molecular formula is C14H22N4. The Labute approximate surface area is 109 Å². The second kappa shape index (κ2) is 5.22. The summed E-state index contributed by atoms with van der Waals surface area (Å²) in [6.45, 7) is 1.94. The molecule has 2 atom stereocenters. The number of anilines is 1. The highest BCUT2D eigenvalue weighted by Gasteiger charge is 2.35. The molecular weight excluding hydrogens is 224 g/mol. The Hall–Kier alpha value is -1.16. The highest BCUT2D eigenvalue weighted by Crippen LogP contribution is 2.38. The van der Waals surface area contributed by atoms with Gasteiger partial charge in [0, 0.05) is 19.1 Å². The normalized spacial score (nSPS) is 27.3. The SMILES string of the molecule is CNCc1cnc(N2CCCC3CCCC32)cn1. The molecule has 0 amide bonds. The van der Waals surface area contributed by atoms with Crippen LogP contribution in [0.15, 0.2) is 12.4 Å².